The number of hydrogen-bond donors (Lipinski definition) is 4. The first-order chi connectivity index (χ1) is 11.2. The first-order valence-corrected chi connectivity index (χ1v) is 9.91. The van der Waals surface area contributed by atoms with Crippen LogP contribution in [0, 0.1) is 0 Å². The van der Waals surface area contributed by atoms with Crippen molar-refractivity contribution in [1.82, 2.24) is 16.0 Å². The molecule has 0 saturated carbocycles. The Morgan fingerprint density at radius 1 is 1.17 bits per heavy atom. The number of carbonyl (C=O) groups excluding carboxylic acids is 2. The predicted octanol–water partition coefficient (Wildman–Crippen LogP) is 1.35. The highest BCUT2D eigenvalue weighted by Crippen LogP contribution is 2.33. The molecule has 132 valence electrons. The van der Waals surface area contributed by atoms with Crippen LogP contribution in [0.4, 0.5) is 4.79 Å². The van der Waals surface area contributed by atoms with Crippen LogP contribution in [0.15, 0.2) is 0 Å². The third-order valence-electron chi connectivity index (χ3n) is 4.53. The highest BCUT2D eigenvalue weighted by molar-refractivity contribution is 8.00. The number of carbonyl (C=O) groups is 2. The van der Waals surface area contributed by atoms with Gasteiger partial charge in [-0.15, -0.1) is 0 Å². The summed E-state index contributed by atoms with van der Waals surface area (Å²) in [5.41, 5.74) is 5.44. The molecule has 0 radical (unpaired) electrons. The Morgan fingerprint density at radius 2 is 2.00 bits per heavy atom. The van der Waals surface area contributed by atoms with Crippen molar-refractivity contribution in [2.75, 3.05) is 18.8 Å². The molecule has 7 heteroatoms. The van der Waals surface area contributed by atoms with Crippen molar-refractivity contribution in [2.24, 2.45) is 5.73 Å². The van der Waals surface area contributed by atoms with Gasteiger partial charge in [-0.2, -0.15) is 11.8 Å². The van der Waals surface area contributed by atoms with Crippen molar-refractivity contribution < 1.29 is 9.59 Å². The third kappa shape index (κ3) is 6.22. The van der Waals surface area contributed by atoms with E-state index in [1.807, 2.05) is 11.8 Å². The molecular weight excluding hydrogens is 312 g/mol. The standard InChI is InChI=1S/C16H30N4O2S/c17-9-5-1-2-6-10-18-14(21)8-4-3-7-13-15-12(11-23-13)19-16(22)20-15/h12-13,15H,1-11,17H2,(H,18,21)(H2,19,20,22). The van der Waals surface area contributed by atoms with Crippen LogP contribution in [0.3, 0.4) is 0 Å². The molecule has 2 saturated heterocycles. The van der Waals surface area contributed by atoms with Gasteiger partial charge in [0.25, 0.3) is 0 Å². The number of amides is 3. The Kier molecular flexibility index (Phi) is 8.02. The molecule has 3 atom stereocenters. The minimum Gasteiger partial charge on any atom is -0.356 e. The maximum Gasteiger partial charge on any atom is 0.315 e. The lowest BCUT2D eigenvalue weighted by molar-refractivity contribution is -0.121. The van der Waals surface area contributed by atoms with Crippen molar-refractivity contribution in [1.29, 1.82) is 0 Å². The summed E-state index contributed by atoms with van der Waals surface area (Å²) in [4.78, 5) is 23.1. The second-order valence-corrected chi connectivity index (χ2v) is 7.69. The number of thioether (sulfide) groups is 1. The molecule has 0 bridgehead atoms. The normalized spacial score (nSPS) is 25.8. The SMILES string of the molecule is NCCCCCCNC(=O)CCCCC1SCC2NC(=O)NC21. The number of hydrogen-bond acceptors (Lipinski definition) is 4. The second kappa shape index (κ2) is 10.0. The lowest BCUT2D eigenvalue weighted by Crippen LogP contribution is -2.36. The first kappa shape index (κ1) is 18.4. The molecule has 2 aliphatic rings. The third-order valence-corrected chi connectivity index (χ3v) is 6.04. The van der Waals surface area contributed by atoms with E-state index >= 15 is 0 Å². The lowest BCUT2D eigenvalue weighted by Gasteiger charge is -2.16. The average Bonchev–Trinajstić information content (AvgIpc) is 3.07. The van der Waals surface area contributed by atoms with E-state index in [0.717, 1.165) is 63.8 Å². The van der Waals surface area contributed by atoms with Crippen molar-refractivity contribution in [3.8, 4) is 0 Å². The molecule has 3 unspecified atom stereocenters. The summed E-state index contributed by atoms with van der Waals surface area (Å²) in [6.07, 6.45) is 8.05. The van der Waals surface area contributed by atoms with Crippen LogP contribution in [-0.4, -0.2) is 48.1 Å². The lowest BCUT2D eigenvalue weighted by atomic mass is 10.0. The predicted molar refractivity (Wildman–Crippen MR) is 94.5 cm³/mol. The number of unbranched alkanes of at least 4 members (excludes halogenated alkanes) is 4. The van der Waals surface area contributed by atoms with Crippen molar-refractivity contribution in [2.45, 2.75) is 68.7 Å². The zero-order valence-corrected chi connectivity index (χ0v) is 14.6. The minimum absolute atomic E-state index is 0.0314. The molecule has 6 nitrogen and oxygen atoms in total. The molecule has 0 spiro atoms. The van der Waals surface area contributed by atoms with Gasteiger partial charge in [0.15, 0.2) is 0 Å². The summed E-state index contributed by atoms with van der Waals surface area (Å²) < 4.78 is 0. The average molecular weight is 343 g/mol. The van der Waals surface area contributed by atoms with E-state index in [1.54, 1.807) is 0 Å². The van der Waals surface area contributed by atoms with Gasteiger partial charge in [-0.05, 0) is 32.2 Å². The topological polar surface area (TPSA) is 96.2 Å². The summed E-state index contributed by atoms with van der Waals surface area (Å²) in [6, 6.07) is 0.533. The molecule has 0 aliphatic carbocycles. The van der Waals surface area contributed by atoms with Gasteiger partial charge < -0.3 is 21.7 Å². The fraction of sp³-hybridized carbons (Fsp3) is 0.875. The van der Waals surface area contributed by atoms with E-state index in [-0.39, 0.29) is 18.0 Å². The van der Waals surface area contributed by atoms with Gasteiger partial charge in [-0.25, -0.2) is 4.79 Å². The smallest absolute Gasteiger partial charge is 0.315 e. The molecule has 5 N–H and O–H groups in total. The molecule has 23 heavy (non-hydrogen) atoms. The van der Waals surface area contributed by atoms with E-state index < -0.39 is 0 Å². The zero-order valence-electron chi connectivity index (χ0n) is 13.8. The van der Waals surface area contributed by atoms with Gasteiger partial charge in [0.2, 0.25) is 5.91 Å². The maximum absolute atomic E-state index is 11.8. The van der Waals surface area contributed by atoms with Crippen LogP contribution >= 0.6 is 11.8 Å². The summed E-state index contributed by atoms with van der Waals surface area (Å²) in [5.74, 6) is 1.16. The fourth-order valence-corrected chi connectivity index (χ4v) is 4.76. The van der Waals surface area contributed by atoms with Gasteiger partial charge in [0, 0.05) is 24.0 Å². The molecule has 2 heterocycles. The molecule has 2 fully saturated rings. The highest BCUT2D eigenvalue weighted by atomic mass is 32.2. The van der Waals surface area contributed by atoms with Crippen LogP contribution in [0.25, 0.3) is 0 Å². The first-order valence-electron chi connectivity index (χ1n) is 8.86. The van der Waals surface area contributed by atoms with Crippen molar-refractivity contribution >= 4 is 23.7 Å². The molecule has 2 rings (SSSR count). The van der Waals surface area contributed by atoms with E-state index in [0.29, 0.717) is 17.7 Å². The highest BCUT2D eigenvalue weighted by Gasteiger charge is 2.42. The van der Waals surface area contributed by atoms with Gasteiger partial charge in [-0.3, -0.25) is 4.79 Å². The minimum atomic E-state index is -0.0314. The number of nitrogens with two attached hydrogens (primary N) is 1. The van der Waals surface area contributed by atoms with Gasteiger partial charge in [-0.1, -0.05) is 19.3 Å². The Bertz CT molecular complexity index is 394. The molecule has 0 aromatic heterocycles. The Balaban J connectivity index is 1.46. The Labute approximate surface area is 143 Å². The van der Waals surface area contributed by atoms with E-state index in [2.05, 4.69) is 16.0 Å². The largest absolute Gasteiger partial charge is 0.356 e. The van der Waals surface area contributed by atoms with Gasteiger partial charge in [0.05, 0.1) is 12.1 Å². The van der Waals surface area contributed by atoms with Crippen LogP contribution in [0.5, 0.6) is 0 Å². The summed E-state index contributed by atoms with van der Waals surface area (Å²) >= 11 is 1.93. The van der Waals surface area contributed by atoms with Gasteiger partial charge >= 0.3 is 6.03 Å². The molecule has 3 amide bonds. The molecule has 2 aliphatic heterocycles. The number of urea groups is 1. The zero-order chi connectivity index (χ0) is 16.5. The van der Waals surface area contributed by atoms with Crippen LogP contribution < -0.4 is 21.7 Å². The van der Waals surface area contributed by atoms with E-state index in [4.69, 9.17) is 5.73 Å². The molecular formula is C16H30N4O2S. The number of fused-ring (bicyclic) bond motifs is 1. The Hall–Kier alpha value is -0.950. The Morgan fingerprint density at radius 3 is 2.83 bits per heavy atom. The molecule has 0 aromatic carbocycles. The van der Waals surface area contributed by atoms with E-state index in [1.165, 1.54) is 0 Å². The summed E-state index contributed by atoms with van der Waals surface area (Å²) in [6.45, 7) is 1.54. The monoisotopic (exact) mass is 342 g/mol. The molecule has 0 aromatic rings. The maximum atomic E-state index is 11.8. The van der Waals surface area contributed by atoms with Crippen LogP contribution in [0.1, 0.15) is 51.4 Å². The van der Waals surface area contributed by atoms with Crippen molar-refractivity contribution in [3.05, 3.63) is 0 Å². The van der Waals surface area contributed by atoms with Crippen LogP contribution in [0.2, 0.25) is 0 Å². The van der Waals surface area contributed by atoms with Gasteiger partial charge in [0.1, 0.15) is 0 Å². The summed E-state index contributed by atoms with van der Waals surface area (Å²) in [5, 5.41) is 9.44. The number of nitrogens with one attached hydrogen (secondary N) is 3. The van der Waals surface area contributed by atoms with Crippen molar-refractivity contribution in [3.63, 3.8) is 0 Å². The van der Waals surface area contributed by atoms with E-state index in [9.17, 15) is 9.59 Å². The van der Waals surface area contributed by atoms with Crippen LogP contribution in [-0.2, 0) is 4.79 Å². The number of rotatable bonds is 11. The quantitative estimate of drug-likeness (QED) is 0.337. The fourth-order valence-electron chi connectivity index (χ4n) is 3.21. The summed E-state index contributed by atoms with van der Waals surface area (Å²) in [7, 11) is 0. The second-order valence-electron chi connectivity index (χ2n) is 6.42.